The average molecular weight is 294 g/mol. The van der Waals surface area contributed by atoms with Crippen LogP contribution in [0.2, 0.25) is 0 Å². The minimum absolute atomic E-state index is 0.780. The minimum Gasteiger partial charge on any atom is -0.352 e. The van der Waals surface area contributed by atoms with Gasteiger partial charge >= 0.3 is 0 Å². The molecular formula is C13H16BrN3. The molecule has 3 nitrogen and oxygen atoms in total. The SMILES string of the molecule is CCCn1ccnc1NCc1ccccc1Br. The molecule has 2 aromatic rings. The Balaban J connectivity index is 2.02. The summed E-state index contributed by atoms with van der Waals surface area (Å²) in [5.74, 6) is 0.933. The second-order valence-corrected chi connectivity index (χ2v) is 4.74. The molecule has 2 rings (SSSR count). The smallest absolute Gasteiger partial charge is 0.203 e. The molecule has 1 heterocycles. The van der Waals surface area contributed by atoms with Crippen LogP contribution < -0.4 is 5.32 Å². The summed E-state index contributed by atoms with van der Waals surface area (Å²) in [6, 6.07) is 8.21. The van der Waals surface area contributed by atoms with Gasteiger partial charge < -0.3 is 9.88 Å². The van der Waals surface area contributed by atoms with Crippen molar-refractivity contribution in [3.63, 3.8) is 0 Å². The zero-order valence-corrected chi connectivity index (χ0v) is 11.4. The van der Waals surface area contributed by atoms with Crippen molar-refractivity contribution in [2.75, 3.05) is 5.32 Å². The summed E-state index contributed by atoms with van der Waals surface area (Å²) < 4.78 is 3.26. The first-order valence-corrected chi connectivity index (χ1v) is 6.59. The lowest BCUT2D eigenvalue weighted by Gasteiger charge is -2.09. The molecule has 0 aliphatic heterocycles. The molecule has 0 radical (unpaired) electrons. The summed E-state index contributed by atoms with van der Waals surface area (Å²) in [5, 5.41) is 3.36. The van der Waals surface area contributed by atoms with Crippen molar-refractivity contribution in [2.45, 2.75) is 26.4 Å². The van der Waals surface area contributed by atoms with Crippen molar-refractivity contribution in [3.05, 3.63) is 46.7 Å². The standard InChI is InChI=1S/C13H16BrN3/c1-2-8-17-9-7-15-13(17)16-10-11-5-3-4-6-12(11)14/h3-7,9H,2,8,10H2,1H3,(H,15,16). The van der Waals surface area contributed by atoms with Crippen molar-refractivity contribution in [1.82, 2.24) is 9.55 Å². The van der Waals surface area contributed by atoms with Crippen molar-refractivity contribution in [1.29, 1.82) is 0 Å². The number of anilines is 1. The van der Waals surface area contributed by atoms with E-state index in [9.17, 15) is 0 Å². The highest BCUT2D eigenvalue weighted by Crippen LogP contribution is 2.17. The number of nitrogens with one attached hydrogen (secondary N) is 1. The average Bonchev–Trinajstić information content (AvgIpc) is 2.76. The maximum atomic E-state index is 4.32. The van der Waals surface area contributed by atoms with Gasteiger partial charge in [-0.1, -0.05) is 41.1 Å². The Morgan fingerprint density at radius 2 is 2.18 bits per heavy atom. The molecule has 0 fully saturated rings. The molecule has 0 unspecified atom stereocenters. The first kappa shape index (κ1) is 12.2. The van der Waals surface area contributed by atoms with E-state index in [1.165, 1.54) is 5.56 Å². The van der Waals surface area contributed by atoms with Crippen LogP contribution >= 0.6 is 15.9 Å². The van der Waals surface area contributed by atoms with E-state index >= 15 is 0 Å². The molecule has 0 amide bonds. The van der Waals surface area contributed by atoms with E-state index in [2.05, 4.69) is 49.9 Å². The highest BCUT2D eigenvalue weighted by atomic mass is 79.9. The van der Waals surface area contributed by atoms with Crippen molar-refractivity contribution < 1.29 is 0 Å². The molecule has 0 aliphatic carbocycles. The molecule has 0 saturated carbocycles. The third-order valence-corrected chi connectivity index (χ3v) is 3.35. The van der Waals surface area contributed by atoms with Gasteiger partial charge in [-0.25, -0.2) is 4.98 Å². The number of rotatable bonds is 5. The Labute approximate surface area is 110 Å². The maximum absolute atomic E-state index is 4.32. The van der Waals surface area contributed by atoms with Crippen molar-refractivity contribution >= 4 is 21.9 Å². The normalized spacial score (nSPS) is 10.5. The molecule has 0 bridgehead atoms. The van der Waals surface area contributed by atoms with Gasteiger partial charge in [0.05, 0.1) is 0 Å². The monoisotopic (exact) mass is 293 g/mol. The number of hydrogen-bond acceptors (Lipinski definition) is 2. The van der Waals surface area contributed by atoms with Crippen LogP contribution in [0.3, 0.4) is 0 Å². The lowest BCUT2D eigenvalue weighted by molar-refractivity contribution is 0.682. The quantitative estimate of drug-likeness (QED) is 0.912. The summed E-state index contributed by atoms with van der Waals surface area (Å²) in [6.45, 7) is 3.94. The second-order valence-electron chi connectivity index (χ2n) is 3.89. The first-order valence-electron chi connectivity index (χ1n) is 5.79. The third-order valence-electron chi connectivity index (χ3n) is 2.57. The van der Waals surface area contributed by atoms with E-state index in [1.54, 1.807) is 0 Å². The Kier molecular flexibility index (Phi) is 4.20. The number of benzene rings is 1. The van der Waals surface area contributed by atoms with Gasteiger partial charge in [0.1, 0.15) is 0 Å². The molecule has 4 heteroatoms. The zero-order valence-electron chi connectivity index (χ0n) is 9.86. The van der Waals surface area contributed by atoms with Crippen LogP contribution in [0.25, 0.3) is 0 Å². The van der Waals surface area contributed by atoms with Crippen LogP contribution in [0.15, 0.2) is 41.1 Å². The van der Waals surface area contributed by atoms with Gasteiger partial charge in [0, 0.05) is 30.0 Å². The number of imidazole rings is 1. The maximum Gasteiger partial charge on any atom is 0.203 e. The molecule has 1 aromatic carbocycles. The lowest BCUT2D eigenvalue weighted by atomic mass is 10.2. The van der Waals surface area contributed by atoms with Crippen molar-refractivity contribution in [3.8, 4) is 0 Å². The van der Waals surface area contributed by atoms with E-state index in [1.807, 2.05) is 24.5 Å². The molecule has 90 valence electrons. The molecule has 0 saturated heterocycles. The molecule has 0 aliphatic rings. The van der Waals surface area contributed by atoms with Crippen LogP contribution in [-0.4, -0.2) is 9.55 Å². The second kappa shape index (κ2) is 5.87. The number of aryl methyl sites for hydroxylation is 1. The molecule has 1 aromatic heterocycles. The van der Waals surface area contributed by atoms with Gasteiger partial charge in [0.25, 0.3) is 0 Å². The van der Waals surface area contributed by atoms with Crippen LogP contribution in [0, 0.1) is 0 Å². The summed E-state index contributed by atoms with van der Waals surface area (Å²) in [4.78, 5) is 4.32. The number of nitrogens with zero attached hydrogens (tertiary/aromatic N) is 2. The molecule has 17 heavy (non-hydrogen) atoms. The fourth-order valence-electron chi connectivity index (χ4n) is 1.71. The Hall–Kier alpha value is -1.29. The summed E-state index contributed by atoms with van der Waals surface area (Å²) in [7, 11) is 0. The van der Waals surface area contributed by atoms with Gasteiger partial charge in [-0.3, -0.25) is 0 Å². The first-order chi connectivity index (χ1) is 8.31. The van der Waals surface area contributed by atoms with E-state index < -0.39 is 0 Å². The fourth-order valence-corrected chi connectivity index (χ4v) is 2.14. The summed E-state index contributed by atoms with van der Waals surface area (Å²) in [6.07, 6.45) is 4.95. The summed E-state index contributed by atoms with van der Waals surface area (Å²) in [5.41, 5.74) is 1.23. The van der Waals surface area contributed by atoms with E-state index in [0.29, 0.717) is 0 Å². The molecule has 1 N–H and O–H groups in total. The molecule has 0 atom stereocenters. The highest BCUT2D eigenvalue weighted by Gasteiger charge is 2.02. The van der Waals surface area contributed by atoms with Crippen molar-refractivity contribution in [2.24, 2.45) is 0 Å². The Morgan fingerprint density at radius 3 is 2.94 bits per heavy atom. The van der Waals surface area contributed by atoms with E-state index in [4.69, 9.17) is 0 Å². The van der Waals surface area contributed by atoms with Crippen LogP contribution in [0.4, 0.5) is 5.95 Å². The predicted molar refractivity (Wildman–Crippen MR) is 74.0 cm³/mol. The number of halogens is 1. The summed E-state index contributed by atoms with van der Waals surface area (Å²) >= 11 is 3.54. The largest absolute Gasteiger partial charge is 0.352 e. The third kappa shape index (κ3) is 3.09. The zero-order chi connectivity index (χ0) is 12.1. The lowest BCUT2D eigenvalue weighted by Crippen LogP contribution is -2.07. The number of hydrogen-bond donors (Lipinski definition) is 1. The van der Waals surface area contributed by atoms with Gasteiger partial charge in [0.15, 0.2) is 0 Å². The topological polar surface area (TPSA) is 29.9 Å². The van der Waals surface area contributed by atoms with Gasteiger partial charge in [-0.15, -0.1) is 0 Å². The van der Waals surface area contributed by atoms with E-state index in [0.717, 1.165) is 29.9 Å². The molecule has 0 spiro atoms. The Bertz CT molecular complexity index is 479. The number of aromatic nitrogens is 2. The van der Waals surface area contributed by atoms with Crippen LogP contribution in [0.1, 0.15) is 18.9 Å². The van der Waals surface area contributed by atoms with Gasteiger partial charge in [-0.2, -0.15) is 0 Å². The van der Waals surface area contributed by atoms with Crippen LogP contribution in [0.5, 0.6) is 0 Å². The minimum atomic E-state index is 0.780. The van der Waals surface area contributed by atoms with Crippen LogP contribution in [-0.2, 0) is 13.1 Å². The van der Waals surface area contributed by atoms with Gasteiger partial charge in [-0.05, 0) is 18.1 Å². The Morgan fingerprint density at radius 1 is 1.35 bits per heavy atom. The molecular weight excluding hydrogens is 278 g/mol. The predicted octanol–water partition coefficient (Wildman–Crippen LogP) is 3.67. The highest BCUT2D eigenvalue weighted by molar-refractivity contribution is 9.10. The van der Waals surface area contributed by atoms with Gasteiger partial charge in [0.2, 0.25) is 5.95 Å². The fraction of sp³-hybridized carbons (Fsp3) is 0.308. The van der Waals surface area contributed by atoms with E-state index in [-0.39, 0.29) is 0 Å².